The molecule has 1 saturated carbocycles. The normalized spacial score (nSPS) is 27.4. The van der Waals surface area contributed by atoms with Gasteiger partial charge in [-0.15, -0.1) is 11.8 Å². The van der Waals surface area contributed by atoms with Crippen molar-refractivity contribution in [1.82, 2.24) is 9.97 Å². The maximum Gasteiger partial charge on any atom is 0.130 e. The predicted molar refractivity (Wildman–Crippen MR) is 104 cm³/mol. The Morgan fingerprint density at radius 3 is 2.69 bits per heavy atom. The zero-order valence-corrected chi connectivity index (χ0v) is 15.5. The highest BCUT2D eigenvalue weighted by molar-refractivity contribution is 7.99. The lowest BCUT2D eigenvalue weighted by Gasteiger charge is -2.18. The monoisotopic (exact) mass is 369 g/mol. The average molecular weight is 369 g/mol. The van der Waals surface area contributed by atoms with Gasteiger partial charge in [0.2, 0.25) is 0 Å². The molecular formula is C20H23N3O2S. The van der Waals surface area contributed by atoms with Gasteiger partial charge in [0, 0.05) is 22.1 Å². The van der Waals surface area contributed by atoms with E-state index in [1.807, 2.05) is 0 Å². The topological polar surface area (TPSA) is 92.3 Å². The highest BCUT2D eigenvalue weighted by Gasteiger charge is 2.44. The zero-order chi connectivity index (χ0) is 18.3. The summed E-state index contributed by atoms with van der Waals surface area (Å²) in [7, 11) is 0. The molecule has 136 valence electrons. The third-order valence-corrected chi connectivity index (χ3v) is 6.66. The average Bonchev–Trinajstić information content (AvgIpc) is 3.18. The van der Waals surface area contributed by atoms with Crippen molar-refractivity contribution in [2.24, 2.45) is 11.8 Å². The van der Waals surface area contributed by atoms with Gasteiger partial charge in [-0.1, -0.05) is 23.8 Å². The number of thioether (sulfide) groups is 1. The number of benzene rings is 1. The van der Waals surface area contributed by atoms with Gasteiger partial charge in [0.25, 0.3) is 0 Å². The lowest BCUT2D eigenvalue weighted by molar-refractivity contribution is 0.0160. The Hall–Kier alpha value is -1.89. The molecule has 2 aromatic rings. The largest absolute Gasteiger partial charge is 0.390 e. The molecule has 4 rings (SSSR count). The van der Waals surface area contributed by atoms with Crippen molar-refractivity contribution >= 4 is 23.2 Å². The molecule has 0 aliphatic heterocycles. The van der Waals surface area contributed by atoms with E-state index in [-0.39, 0.29) is 11.8 Å². The first-order valence-corrected chi connectivity index (χ1v) is 9.88. The van der Waals surface area contributed by atoms with Crippen LogP contribution in [0.1, 0.15) is 23.2 Å². The molecule has 0 spiro atoms. The van der Waals surface area contributed by atoms with Gasteiger partial charge in [-0.25, -0.2) is 9.97 Å². The first kappa shape index (κ1) is 17.5. The summed E-state index contributed by atoms with van der Waals surface area (Å²) >= 11 is 1.73. The quantitative estimate of drug-likeness (QED) is 0.717. The van der Waals surface area contributed by atoms with Gasteiger partial charge in [0.1, 0.15) is 12.1 Å². The molecule has 4 atom stereocenters. The van der Waals surface area contributed by atoms with Crippen LogP contribution in [0.25, 0.3) is 5.57 Å². The van der Waals surface area contributed by atoms with Gasteiger partial charge >= 0.3 is 0 Å². The molecule has 2 aliphatic rings. The molecule has 1 fully saturated rings. The highest BCUT2D eigenvalue weighted by atomic mass is 32.2. The van der Waals surface area contributed by atoms with E-state index in [9.17, 15) is 10.2 Å². The van der Waals surface area contributed by atoms with Gasteiger partial charge < -0.3 is 15.9 Å². The van der Waals surface area contributed by atoms with Crippen LogP contribution in [-0.2, 0) is 6.42 Å². The standard InChI is InChI=1S/C20H23N3O2S/c1-11-2-4-13(5-3-11)26-9-12-8-16(19(25)18(12)24)14-6-7-15-17(14)22-10-23-20(15)21/h2-6,10,12,16,18-19,24-25H,7-9H2,1H3,(H2,21,22,23)/t12-,16+,18?,19-/m1/s1. The van der Waals surface area contributed by atoms with Crippen molar-refractivity contribution in [3.05, 3.63) is 53.5 Å². The van der Waals surface area contributed by atoms with Crippen LogP contribution in [0.3, 0.4) is 0 Å². The van der Waals surface area contributed by atoms with Crippen LogP contribution in [0.15, 0.2) is 41.6 Å². The fourth-order valence-electron chi connectivity index (χ4n) is 3.95. The number of aliphatic hydroxyl groups excluding tert-OH is 2. The molecular weight excluding hydrogens is 346 g/mol. The van der Waals surface area contributed by atoms with Crippen molar-refractivity contribution < 1.29 is 10.2 Å². The number of aromatic nitrogens is 2. The molecule has 1 unspecified atom stereocenters. The Kier molecular flexibility index (Phi) is 4.73. The fraction of sp³-hybridized carbons (Fsp3) is 0.400. The summed E-state index contributed by atoms with van der Waals surface area (Å²) in [6, 6.07) is 8.39. The number of anilines is 1. The second kappa shape index (κ2) is 7.02. The lowest BCUT2D eigenvalue weighted by atomic mass is 9.93. The van der Waals surface area contributed by atoms with E-state index < -0.39 is 12.2 Å². The molecule has 1 aromatic carbocycles. The number of hydrogen-bond donors (Lipinski definition) is 3. The number of nitrogens with two attached hydrogens (primary N) is 1. The fourth-order valence-corrected chi connectivity index (χ4v) is 5.02. The van der Waals surface area contributed by atoms with Crippen LogP contribution >= 0.6 is 11.8 Å². The summed E-state index contributed by atoms with van der Waals surface area (Å²) in [6.45, 7) is 2.07. The summed E-state index contributed by atoms with van der Waals surface area (Å²) in [5.74, 6) is 1.22. The van der Waals surface area contributed by atoms with Gasteiger partial charge in [-0.3, -0.25) is 0 Å². The van der Waals surface area contributed by atoms with Gasteiger partial charge in [-0.05, 0) is 43.4 Å². The summed E-state index contributed by atoms with van der Waals surface area (Å²) in [5.41, 5.74) is 9.95. The van der Waals surface area contributed by atoms with E-state index in [1.54, 1.807) is 11.8 Å². The maximum atomic E-state index is 10.6. The van der Waals surface area contributed by atoms with Crippen LogP contribution in [0.2, 0.25) is 0 Å². The second-order valence-corrected chi connectivity index (χ2v) is 8.25. The number of fused-ring (bicyclic) bond motifs is 1. The van der Waals surface area contributed by atoms with E-state index in [0.29, 0.717) is 12.2 Å². The SMILES string of the molecule is Cc1ccc(SC[C@H]2C[C@@H](C3=CCc4c(N)ncnc43)[C@@H](O)C2O)cc1. The van der Waals surface area contributed by atoms with E-state index >= 15 is 0 Å². The summed E-state index contributed by atoms with van der Waals surface area (Å²) in [4.78, 5) is 9.61. The predicted octanol–water partition coefficient (Wildman–Crippen LogP) is 2.46. The molecule has 1 heterocycles. The van der Waals surface area contributed by atoms with E-state index in [2.05, 4.69) is 47.2 Å². The van der Waals surface area contributed by atoms with Crippen molar-refractivity contribution in [2.75, 3.05) is 11.5 Å². The number of nitrogen functional groups attached to an aromatic ring is 1. The van der Waals surface area contributed by atoms with Crippen LogP contribution in [0.4, 0.5) is 5.82 Å². The number of nitrogens with zero attached hydrogens (tertiary/aromatic N) is 2. The second-order valence-electron chi connectivity index (χ2n) is 7.16. The molecule has 2 aliphatic carbocycles. The molecule has 5 nitrogen and oxygen atoms in total. The molecule has 6 heteroatoms. The highest BCUT2D eigenvalue weighted by Crippen LogP contribution is 2.45. The van der Waals surface area contributed by atoms with Crippen LogP contribution in [0.5, 0.6) is 0 Å². The Labute approximate surface area is 157 Å². The molecule has 0 amide bonds. The first-order chi connectivity index (χ1) is 12.5. The Morgan fingerprint density at radius 2 is 1.92 bits per heavy atom. The lowest BCUT2D eigenvalue weighted by Crippen LogP contribution is -2.29. The number of allylic oxidation sites excluding steroid dienone is 1. The van der Waals surface area contributed by atoms with Crippen LogP contribution < -0.4 is 5.73 Å². The van der Waals surface area contributed by atoms with E-state index in [4.69, 9.17) is 5.73 Å². The Balaban J connectivity index is 1.47. The Morgan fingerprint density at radius 1 is 1.15 bits per heavy atom. The van der Waals surface area contributed by atoms with Crippen molar-refractivity contribution in [1.29, 1.82) is 0 Å². The molecule has 26 heavy (non-hydrogen) atoms. The number of rotatable bonds is 4. The van der Waals surface area contributed by atoms with E-state index in [0.717, 1.165) is 29.0 Å². The Bertz CT molecular complexity index is 837. The van der Waals surface area contributed by atoms with Gasteiger partial charge in [0.15, 0.2) is 0 Å². The number of aryl methyl sites for hydroxylation is 1. The van der Waals surface area contributed by atoms with Crippen LogP contribution in [-0.4, -0.2) is 38.1 Å². The molecule has 4 N–H and O–H groups in total. The third-order valence-electron chi connectivity index (χ3n) is 5.46. The van der Waals surface area contributed by atoms with Gasteiger partial charge in [-0.2, -0.15) is 0 Å². The molecule has 1 aromatic heterocycles. The molecule has 0 radical (unpaired) electrons. The third kappa shape index (κ3) is 3.13. The minimum atomic E-state index is -0.771. The maximum absolute atomic E-state index is 10.6. The van der Waals surface area contributed by atoms with Crippen molar-refractivity contribution in [3.8, 4) is 0 Å². The van der Waals surface area contributed by atoms with Crippen LogP contribution in [0, 0.1) is 18.8 Å². The van der Waals surface area contributed by atoms with Crippen molar-refractivity contribution in [3.63, 3.8) is 0 Å². The number of aliphatic hydroxyl groups is 2. The summed E-state index contributed by atoms with van der Waals surface area (Å²) in [6.07, 6.45) is 3.49. The summed E-state index contributed by atoms with van der Waals surface area (Å²) in [5, 5.41) is 21.2. The smallest absolute Gasteiger partial charge is 0.130 e. The van der Waals surface area contributed by atoms with Gasteiger partial charge in [0.05, 0.1) is 17.9 Å². The minimum absolute atomic E-state index is 0.0467. The molecule has 0 bridgehead atoms. The van der Waals surface area contributed by atoms with E-state index in [1.165, 1.54) is 16.8 Å². The summed E-state index contributed by atoms with van der Waals surface area (Å²) < 4.78 is 0. The zero-order valence-electron chi connectivity index (χ0n) is 14.7. The minimum Gasteiger partial charge on any atom is -0.390 e. The molecule has 0 saturated heterocycles. The first-order valence-electron chi connectivity index (χ1n) is 8.90. The van der Waals surface area contributed by atoms with Crippen molar-refractivity contribution in [2.45, 2.75) is 36.9 Å². The number of hydrogen-bond acceptors (Lipinski definition) is 6.